The number of rotatable bonds is 1. The van der Waals surface area contributed by atoms with E-state index in [-0.39, 0.29) is 0 Å². The number of aromatic nitrogens is 1. The quantitative estimate of drug-likeness (QED) is 0.698. The van der Waals surface area contributed by atoms with Crippen molar-refractivity contribution in [2.45, 2.75) is 0 Å². The third kappa shape index (κ3) is 1.59. The number of nitrogens with zero attached hydrogens (tertiary/aromatic N) is 1. The van der Waals surface area contributed by atoms with E-state index in [0.29, 0.717) is 27.5 Å². The summed E-state index contributed by atoms with van der Waals surface area (Å²) in [7, 11) is 0. The maximum absolute atomic E-state index is 10.5. The summed E-state index contributed by atoms with van der Waals surface area (Å²) in [5.74, 6) is 0. The molecule has 0 saturated carbocycles. The molecule has 2 aromatic rings. The van der Waals surface area contributed by atoms with E-state index in [1.54, 1.807) is 24.3 Å². The number of hydrogen-bond acceptors (Lipinski definition) is 2. The van der Waals surface area contributed by atoms with Crippen LogP contribution in [0.5, 0.6) is 0 Å². The number of pyridine rings is 1. The van der Waals surface area contributed by atoms with Crippen molar-refractivity contribution in [2.75, 3.05) is 0 Å². The van der Waals surface area contributed by atoms with Gasteiger partial charge in [-0.2, -0.15) is 0 Å². The molecule has 14 heavy (non-hydrogen) atoms. The van der Waals surface area contributed by atoms with Crippen LogP contribution in [0.4, 0.5) is 0 Å². The summed E-state index contributed by atoms with van der Waals surface area (Å²) in [6.07, 6.45) is 0.685. The standard InChI is InChI=1S/C10H5Cl2NO/c11-7-3-6-1-2-8(5-14)13-10(6)9(12)4-7/h1-5H. The second-order valence-electron chi connectivity index (χ2n) is 2.81. The molecule has 1 heterocycles. The fraction of sp³-hybridized carbons (Fsp3) is 0. The van der Waals surface area contributed by atoms with Crippen molar-refractivity contribution in [2.24, 2.45) is 0 Å². The number of fused-ring (bicyclic) bond motifs is 1. The summed E-state index contributed by atoms with van der Waals surface area (Å²) >= 11 is 11.7. The fourth-order valence-electron chi connectivity index (χ4n) is 1.24. The Bertz CT molecular complexity index is 511. The maximum atomic E-state index is 10.5. The first-order valence-corrected chi connectivity index (χ1v) is 4.67. The molecular formula is C10H5Cl2NO. The number of aldehydes is 1. The van der Waals surface area contributed by atoms with E-state index >= 15 is 0 Å². The second kappa shape index (κ2) is 3.56. The van der Waals surface area contributed by atoms with Gasteiger partial charge in [0.1, 0.15) is 5.69 Å². The Morgan fingerprint density at radius 2 is 2.00 bits per heavy atom. The van der Waals surface area contributed by atoms with Gasteiger partial charge in [-0.05, 0) is 18.2 Å². The number of hydrogen-bond donors (Lipinski definition) is 0. The van der Waals surface area contributed by atoms with Gasteiger partial charge in [0.05, 0.1) is 10.5 Å². The predicted octanol–water partition coefficient (Wildman–Crippen LogP) is 3.35. The molecule has 4 heteroatoms. The predicted molar refractivity (Wildman–Crippen MR) is 57.2 cm³/mol. The third-order valence-corrected chi connectivity index (χ3v) is 2.36. The van der Waals surface area contributed by atoms with Crippen molar-refractivity contribution in [1.29, 1.82) is 0 Å². The van der Waals surface area contributed by atoms with E-state index in [4.69, 9.17) is 23.2 Å². The van der Waals surface area contributed by atoms with Crippen molar-refractivity contribution >= 4 is 40.4 Å². The SMILES string of the molecule is O=Cc1ccc2cc(Cl)cc(Cl)c2n1. The van der Waals surface area contributed by atoms with E-state index in [0.717, 1.165) is 5.39 Å². The molecular weight excluding hydrogens is 221 g/mol. The van der Waals surface area contributed by atoms with Crippen LogP contribution in [0.25, 0.3) is 10.9 Å². The number of benzene rings is 1. The molecule has 0 amide bonds. The van der Waals surface area contributed by atoms with Crippen LogP contribution in [0.15, 0.2) is 24.3 Å². The van der Waals surface area contributed by atoms with Gasteiger partial charge in [-0.3, -0.25) is 4.79 Å². The molecule has 0 atom stereocenters. The Morgan fingerprint density at radius 3 is 2.71 bits per heavy atom. The van der Waals surface area contributed by atoms with Crippen molar-refractivity contribution in [3.05, 3.63) is 40.0 Å². The van der Waals surface area contributed by atoms with Gasteiger partial charge in [0.2, 0.25) is 0 Å². The van der Waals surface area contributed by atoms with E-state index in [2.05, 4.69) is 4.98 Å². The van der Waals surface area contributed by atoms with Crippen molar-refractivity contribution in [3.63, 3.8) is 0 Å². The summed E-state index contributed by atoms with van der Waals surface area (Å²) in [5, 5.41) is 1.84. The van der Waals surface area contributed by atoms with Crippen LogP contribution in [0.2, 0.25) is 10.0 Å². The Morgan fingerprint density at radius 1 is 1.21 bits per heavy atom. The van der Waals surface area contributed by atoms with E-state index in [1.807, 2.05) is 0 Å². The molecule has 70 valence electrons. The fourth-order valence-corrected chi connectivity index (χ4v) is 1.79. The summed E-state index contributed by atoms with van der Waals surface area (Å²) in [6.45, 7) is 0. The van der Waals surface area contributed by atoms with Crippen LogP contribution >= 0.6 is 23.2 Å². The average molecular weight is 226 g/mol. The molecule has 0 aliphatic carbocycles. The molecule has 0 aliphatic rings. The first-order valence-electron chi connectivity index (χ1n) is 3.91. The number of carbonyl (C=O) groups is 1. The zero-order chi connectivity index (χ0) is 10.1. The van der Waals surface area contributed by atoms with Gasteiger partial charge in [-0.15, -0.1) is 0 Å². The van der Waals surface area contributed by atoms with Crippen molar-refractivity contribution < 1.29 is 4.79 Å². The maximum Gasteiger partial charge on any atom is 0.168 e. The summed E-state index contributed by atoms with van der Waals surface area (Å²) in [6, 6.07) is 6.75. The minimum atomic E-state index is 0.363. The Kier molecular flexibility index (Phi) is 2.40. The summed E-state index contributed by atoms with van der Waals surface area (Å²) in [4.78, 5) is 14.6. The molecule has 0 unspecified atom stereocenters. The highest BCUT2D eigenvalue weighted by Crippen LogP contribution is 2.26. The highest BCUT2D eigenvalue weighted by molar-refractivity contribution is 6.38. The van der Waals surface area contributed by atoms with Crippen molar-refractivity contribution in [3.8, 4) is 0 Å². The monoisotopic (exact) mass is 225 g/mol. The lowest BCUT2D eigenvalue weighted by Crippen LogP contribution is -1.87. The minimum Gasteiger partial charge on any atom is -0.296 e. The molecule has 0 fully saturated rings. The average Bonchev–Trinajstić information content (AvgIpc) is 2.17. The van der Waals surface area contributed by atoms with Gasteiger partial charge >= 0.3 is 0 Å². The Hall–Kier alpha value is -1.12. The van der Waals surface area contributed by atoms with Crippen LogP contribution in [0.1, 0.15) is 10.5 Å². The lowest BCUT2D eigenvalue weighted by atomic mass is 10.2. The van der Waals surface area contributed by atoms with E-state index < -0.39 is 0 Å². The van der Waals surface area contributed by atoms with Gasteiger partial charge < -0.3 is 0 Å². The molecule has 0 N–H and O–H groups in total. The summed E-state index contributed by atoms with van der Waals surface area (Å²) in [5.41, 5.74) is 0.961. The zero-order valence-electron chi connectivity index (χ0n) is 7.00. The van der Waals surface area contributed by atoms with Crippen LogP contribution in [-0.2, 0) is 0 Å². The number of halogens is 2. The molecule has 2 nitrogen and oxygen atoms in total. The van der Waals surface area contributed by atoms with Crippen LogP contribution < -0.4 is 0 Å². The largest absolute Gasteiger partial charge is 0.296 e. The van der Waals surface area contributed by atoms with Crippen LogP contribution in [-0.4, -0.2) is 11.3 Å². The van der Waals surface area contributed by atoms with E-state index in [1.165, 1.54) is 0 Å². The molecule has 1 aromatic carbocycles. The smallest absolute Gasteiger partial charge is 0.168 e. The van der Waals surface area contributed by atoms with Gasteiger partial charge in [0, 0.05) is 10.4 Å². The minimum absolute atomic E-state index is 0.363. The highest BCUT2D eigenvalue weighted by Gasteiger charge is 2.03. The molecule has 0 aliphatic heterocycles. The van der Waals surface area contributed by atoms with Crippen LogP contribution in [0.3, 0.4) is 0 Å². The first kappa shape index (κ1) is 9.44. The van der Waals surface area contributed by atoms with Gasteiger partial charge in [-0.25, -0.2) is 4.98 Å². The van der Waals surface area contributed by atoms with E-state index in [9.17, 15) is 4.79 Å². The Balaban J connectivity index is 2.81. The molecule has 0 bridgehead atoms. The first-order chi connectivity index (χ1) is 6.70. The zero-order valence-corrected chi connectivity index (χ0v) is 8.51. The van der Waals surface area contributed by atoms with Gasteiger partial charge in [0.25, 0.3) is 0 Å². The van der Waals surface area contributed by atoms with Gasteiger partial charge in [0.15, 0.2) is 6.29 Å². The van der Waals surface area contributed by atoms with Crippen LogP contribution in [0, 0.1) is 0 Å². The molecule has 1 aromatic heterocycles. The molecule has 2 rings (SSSR count). The topological polar surface area (TPSA) is 30.0 Å². The molecule has 0 saturated heterocycles. The lowest BCUT2D eigenvalue weighted by molar-refractivity contribution is 0.111. The number of carbonyl (C=O) groups excluding carboxylic acids is 1. The van der Waals surface area contributed by atoms with Crippen molar-refractivity contribution in [1.82, 2.24) is 4.98 Å². The lowest BCUT2D eigenvalue weighted by Gasteiger charge is -2.01. The van der Waals surface area contributed by atoms with Gasteiger partial charge in [-0.1, -0.05) is 29.3 Å². The normalized spacial score (nSPS) is 10.4. The molecule has 0 radical (unpaired) electrons. The molecule has 0 spiro atoms. The Labute approximate surface area is 90.5 Å². The summed E-state index contributed by atoms with van der Waals surface area (Å²) < 4.78 is 0. The third-order valence-electron chi connectivity index (χ3n) is 1.85. The second-order valence-corrected chi connectivity index (χ2v) is 3.66. The highest BCUT2D eigenvalue weighted by atomic mass is 35.5.